The van der Waals surface area contributed by atoms with Crippen molar-refractivity contribution in [3.8, 4) is 11.5 Å². The Kier molecular flexibility index (Phi) is 4.85. The van der Waals surface area contributed by atoms with Crippen LogP contribution in [0.1, 0.15) is 31.8 Å². The average molecular weight is 316 g/mol. The number of ether oxygens (including phenoxy) is 2. The van der Waals surface area contributed by atoms with E-state index < -0.39 is 11.9 Å². The van der Waals surface area contributed by atoms with Gasteiger partial charge in [-0.25, -0.2) is 9.59 Å². The van der Waals surface area contributed by atoms with Crippen LogP contribution in [0.4, 0.5) is 0 Å². The summed E-state index contributed by atoms with van der Waals surface area (Å²) in [6, 6.07) is 9.08. The molecule has 23 heavy (non-hydrogen) atoms. The molecule has 0 saturated carbocycles. The molecule has 2 aromatic rings. The Morgan fingerprint density at radius 3 is 1.52 bits per heavy atom. The Balaban J connectivity index is 2.48. The molecule has 0 aliphatic carbocycles. The molecule has 0 aliphatic heterocycles. The fraction of sp³-hybridized carbons (Fsp3) is 0.176. The van der Waals surface area contributed by atoms with Crippen LogP contribution in [0.2, 0.25) is 0 Å². The average Bonchev–Trinajstić information content (AvgIpc) is 2.54. The number of carboxylic acids is 2. The zero-order chi connectivity index (χ0) is 17.0. The first-order chi connectivity index (χ1) is 11.0. The van der Waals surface area contributed by atoms with Crippen molar-refractivity contribution in [2.45, 2.75) is 6.42 Å². The van der Waals surface area contributed by atoms with E-state index in [9.17, 15) is 9.59 Å². The van der Waals surface area contributed by atoms with E-state index >= 15 is 0 Å². The first-order valence-electron chi connectivity index (χ1n) is 6.76. The molecule has 0 spiro atoms. The van der Waals surface area contributed by atoms with E-state index in [1.54, 1.807) is 12.1 Å². The summed E-state index contributed by atoms with van der Waals surface area (Å²) >= 11 is 0. The van der Waals surface area contributed by atoms with E-state index in [2.05, 4.69) is 0 Å². The van der Waals surface area contributed by atoms with Crippen LogP contribution in [-0.4, -0.2) is 36.4 Å². The van der Waals surface area contributed by atoms with Gasteiger partial charge in [-0.15, -0.1) is 0 Å². The summed E-state index contributed by atoms with van der Waals surface area (Å²) in [4.78, 5) is 22.3. The normalized spacial score (nSPS) is 10.2. The van der Waals surface area contributed by atoms with Gasteiger partial charge in [0, 0.05) is 6.42 Å². The molecule has 0 saturated heterocycles. The molecule has 0 aromatic heterocycles. The summed E-state index contributed by atoms with van der Waals surface area (Å²) in [7, 11) is 2.98. The SMILES string of the molecule is COc1ccc(C(=O)O)cc1Cc1cc(C(=O)O)ccc1OC. The van der Waals surface area contributed by atoms with Crippen LogP contribution in [0, 0.1) is 0 Å². The van der Waals surface area contributed by atoms with E-state index in [1.807, 2.05) is 0 Å². The van der Waals surface area contributed by atoms with Gasteiger partial charge in [0.25, 0.3) is 0 Å². The maximum Gasteiger partial charge on any atom is 0.335 e. The van der Waals surface area contributed by atoms with Crippen molar-refractivity contribution >= 4 is 11.9 Å². The number of aromatic carboxylic acids is 2. The molecule has 0 unspecified atom stereocenters. The quantitative estimate of drug-likeness (QED) is 0.851. The number of carbonyl (C=O) groups is 2. The standard InChI is InChI=1S/C17H16O6/c1-22-14-5-3-10(16(18)19)7-12(14)9-13-8-11(17(20)21)4-6-15(13)23-2/h3-8H,9H2,1-2H3,(H,18,19)(H,20,21). The molecular weight excluding hydrogens is 300 g/mol. The Labute approximate surface area is 132 Å². The van der Waals surface area contributed by atoms with Crippen LogP contribution in [0.15, 0.2) is 36.4 Å². The minimum Gasteiger partial charge on any atom is -0.496 e. The monoisotopic (exact) mass is 316 g/mol. The smallest absolute Gasteiger partial charge is 0.335 e. The zero-order valence-corrected chi connectivity index (χ0v) is 12.7. The van der Waals surface area contributed by atoms with Gasteiger partial charge in [-0.3, -0.25) is 0 Å². The Hall–Kier alpha value is -3.02. The highest BCUT2D eigenvalue weighted by Crippen LogP contribution is 2.28. The highest BCUT2D eigenvalue weighted by atomic mass is 16.5. The van der Waals surface area contributed by atoms with E-state index in [1.165, 1.54) is 38.5 Å². The molecule has 6 nitrogen and oxygen atoms in total. The number of carboxylic acid groups (broad SMARTS) is 2. The molecule has 0 fully saturated rings. The predicted molar refractivity (Wildman–Crippen MR) is 82.7 cm³/mol. The van der Waals surface area contributed by atoms with Crippen LogP contribution in [0.3, 0.4) is 0 Å². The molecule has 0 radical (unpaired) electrons. The summed E-state index contributed by atoms with van der Waals surface area (Å²) in [5.41, 5.74) is 1.53. The predicted octanol–water partition coefficient (Wildman–Crippen LogP) is 2.69. The molecular formula is C17H16O6. The van der Waals surface area contributed by atoms with Crippen LogP contribution in [0.5, 0.6) is 11.5 Å². The number of methoxy groups -OCH3 is 2. The summed E-state index contributed by atoms with van der Waals surface area (Å²) in [6.07, 6.45) is 0.286. The molecule has 2 rings (SSSR count). The third-order valence-corrected chi connectivity index (χ3v) is 3.44. The molecule has 0 heterocycles. The highest BCUT2D eigenvalue weighted by Gasteiger charge is 2.14. The van der Waals surface area contributed by atoms with Crippen LogP contribution in [-0.2, 0) is 6.42 Å². The van der Waals surface area contributed by atoms with E-state index in [-0.39, 0.29) is 17.5 Å². The van der Waals surface area contributed by atoms with Crippen LogP contribution in [0.25, 0.3) is 0 Å². The fourth-order valence-electron chi connectivity index (χ4n) is 2.30. The lowest BCUT2D eigenvalue weighted by Gasteiger charge is -2.13. The molecule has 6 heteroatoms. The lowest BCUT2D eigenvalue weighted by Crippen LogP contribution is -2.03. The van der Waals surface area contributed by atoms with Crippen molar-refractivity contribution in [2.75, 3.05) is 14.2 Å². The van der Waals surface area contributed by atoms with Gasteiger partial charge in [0.05, 0.1) is 25.3 Å². The number of rotatable bonds is 6. The van der Waals surface area contributed by atoms with Crippen molar-refractivity contribution in [3.63, 3.8) is 0 Å². The first-order valence-corrected chi connectivity index (χ1v) is 6.76. The third kappa shape index (κ3) is 3.60. The topological polar surface area (TPSA) is 93.1 Å². The Bertz CT molecular complexity index is 687. The molecule has 120 valence electrons. The van der Waals surface area contributed by atoms with Gasteiger partial charge in [0.1, 0.15) is 11.5 Å². The Morgan fingerprint density at radius 1 is 0.826 bits per heavy atom. The first kappa shape index (κ1) is 16.4. The Morgan fingerprint density at radius 2 is 1.22 bits per heavy atom. The minimum absolute atomic E-state index is 0.133. The van der Waals surface area contributed by atoms with Crippen molar-refractivity contribution in [2.24, 2.45) is 0 Å². The summed E-state index contributed by atoms with van der Waals surface area (Å²) in [6.45, 7) is 0. The molecule has 0 aliphatic rings. The van der Waals surface area contributed by atoms with Gasteiger partial charge < -0.3 is 19.7 Å². The number of hydrogen-bond acceptors (Lipinski definition) is 4. The second-order valence-corrected chi connectivity index (χ2v) is 4.84. The second-order valence-electron chi connectivity index (χ2n) is 4.84. The molecule has 2 N–H and O–H groups in total. The zero-order valence-electron chi connectivity index (χ0n) is 12.7. The molecule has 0 atom stereocenters. The van der Waals surface area contributed by atoms with Crippen molar-refractivity contribution in [1.82, 2.24) is 0 Å². The number of benzene rings is 2. The molecule has 0 amide bonds. The highest BCUT2D eigenvalue weighted by molar-refractivity contribution is 5.89. The van der Waals surface area contributed by atoms with Gasteiger partial charge in [0.2, 0.25) is 0 Å². The van der Waals surface area contributed by atoms with E-state index in [0.29, 0.717) is 22.6 Å². The van der Waals surface area contributed by atoms with Crippen molar-refractivity contribution < 1.29 is 29.3 Å². The lowest BCUT2D eigenvalue weighted by atomic mass is 9.99. The summed E-state index contributed by atoms with van der Waals surface area (Å²) < 4.78 is 10.5. The lowest BCUT2D eigenvalue weighted by molar-refractivity contribution is 0.0686. The van der Waals surface area contributed by atoms with Gasteiger partial charge >= 0.3 is 11.9 Å². The van der Waals surface area contributed by atoms with E-state index in [0.717, 1.165) is 0 Å². The molecule has 2 aromatic carbocycles. The summed E-state index contributed by atoms with van der Waals surface area (Å²) in [5.74, 6) is -1.03. The minimum atomic E-state index is -1.04. The van der Waals surface area contributed by atoms with Crippen molar-refractivity contribution in [1.29, 1.82) is 0 Å². The van der Waals surface area contributed by atoms with Gasteiger partial charge in [-0.2, -0.15) is 0 Å². The third-order valence-electron chi connectivity index (χ3n) is 3.44. The second kappa shape index (κ2) is 6.83. The van der Waals surface area contributed by atoms with Crippen molar-refractivity contribution in [3.05, 3.63) is 58.7 Å². The van der Waals surface area contributed by atoms with Crippen LogP contribution < -0.4 is 9.47 Å². The maximum atomic E-state index is 11.1. The van der Waals surface area contributed by atoms with Gasteiger partial charge in [0.15, 0.2) is 0 Å². The van der Waals surface area contributed by atoms with E-state index in [4.69, 9.17) is 19.7 Å². The number of hydrogen-bond donors (Lipinski definition) is 2. The largest absolute Gasteiger partial charge is 0.496 e. The summed E-state index contributed by atoms with van der Waals surface area (Å²) in [5, 5.41) is 18.2. The van der Waals surface area contributed by atoms with Gasteiger partial charge in [-0.1, -0.05) is 0 Å². The van der Waals surface area contributed by atoms with Gasteiger partial charge in [-0.05, 0) is 47.5 Å². The van der Waals surface area contributed by atoms with Crippen LogP contribution >= 0.6 is 0 Å². The molecule has 0 bridgehead atoms. The maximum absolute atomic E-state index is 11.1. The fourth-order valence-corrected chi connectivity index (χ4v) is 2.30.